The van der Waals surface area contributed by atoms with Gasteiger partial charge in [0.05, 0.1) is 13.2 Å². The smallest absolute Gasteiger partial charge is 0.242 e. The fourth-order valence-electron chi connectivity index (χ4n) is 2.29. The summed E-state index contributed by atoms with van der Waals surface area (Å²) in [5.74, 6) is -0.349. The topological polar surface area (TPSA) is 67.6 Å². The highest BCUT2D eigenvalue weighted by Gasteiger charge is 2.29. The molecule has 1 saturated heterocycles. The van der Waals surface area contributed by atoms with Gasteiger partial charge in [0.2, 0.25) is 5.91 Å². The van der Waals surface area contributed by atoms with E-state index in [0.717, 1.165) is 22.3 Å². The summed E-state index contributed by atoms with van der Waals surface area (Å²) in [5, 5.41) is 3.14. The molecule has 6 heteroatoms. The molecule has 104 valence electrons. The van der Waals surface area contributed by atoms with Crippen LogP contribution >= 0.6 is 15.9 Å². The molecule has 5 nitrogen and oxygen atoms in total. The van der Waals surface area contributed by atoms with Crippen LogP contribution in [0, 0.1) is 0 Å². The highest BCUT2D eigenvalue weighted by Crippen LogP contribution is 2.27. The van der Waals surface area contributed by atoms with Crippen LogP contribution in [0.1, 0.15) is 5.56 Å². The molecule has 1 atom stereocenters. The van der Waals surface area contributed by atoms with E-state index in [4.69, 9.17) is 10.5 Å². The number of primary amides is 1. The maximum atomic E-state index is 11.5. The first-order valence-corrected chi connectivity index (χ1v) is 6.99. The molecule has 1 aromatic rings. The number of rotatable bonds is 4. The largest absolute Gasteiger partial charge is 0.377 e. The second-order valence-corrected chi connectivity index (χ2v) is 5.41. The highest BCUT2D eigenvalue weighted by molar-refractivity contribution is 9.10. The molecule has 0 bridgehead atoms. The average Bonchev–Trinajstić information content (AvgIpc) is 2.39. The van der Waals surface area contributed by atoms with Crippen molar-refractivity contribution in [1.82, 2.24) is 5.32 Å². The van der Waals surface area contributed by atoms with Gasteiger partial charge in [-0.15, -0.1) is 0 Å². The zero-order valence-electron chi connectivity index (χ0n) is 10.9. The molecule has 1 amide bonds. The van der Waals surface area contributed by atoms with Gasteiger partial charge in [0, 0.05) is 23.2 Å². The summed E-state index contributed by atoms with van der Waals surface area (Å²) in [6, 6.07) is 5.64. The predicted octanol–water partition coefficient (Wildman–Crippen LogP) is 0.859. The first-order chi connectivity index (χ1) is 9.13. The van der Waals surface area contributed by atoms with Crippen LogP contribution in [0.2, 0.25) is 0 Å². The van der Waals surface area contributed by atoms with Crippen LogP contribution in [0.3, 0.4) is 0 Å². The number of nitrogens with one attached hydrogen (secondary N) is 1. The van der Waals surface area contributed by atoms with Crippen LogP contribution in [0.15, 0.2) is 22.7 Å². The number of benzene rings is 1. The molecule has 1 heterocycles. The third-order valence-electron chi connectivity index (χ3n) is 3.18. The van der Waals surface area contributed by atoms with E-state index in [1.54, 1.807) is 0 Å². The quantitative estimate of drug-likeness (QED) is 0.860. The number of anilines is 1. The Morgan fingerprint density at radius 3 is 3.11 bits per heavy atom. The van der Waals surface area contributed by atoms with E-state index < -0.39 is 6.04 Å². The van der Waals surface area contributed by atoms with Crippen molar-refractivity contribution in [3.63, 3.8) is 0 Å². The Bertz CT molecular complexity index is 467. The summed E-state index contributed by atoms with van der Waals surface area (Å²) >= 11 is 3.47. The van der Waals surface area contributed by atoms with Gasteiger partial charge in [-0.1, -0.05) is 15.9 Å². The molecular formula is C13H18BrN3O2. The van der Waals surface area contributed by atoms with Gasteiger partial charge in [-0.3, -0.25) is 4.79 Å². The van der Waals surface area contributed by atoms with Gasteiger partial charge in [-0.05, 0) is 30.8 Å². The second kappa shape index (κ2) is 6.36. The monoisotopic (exact) mass is 327 g/mol. The number of nitrogens with zero attached hydrogens (tertiary/aromatic N) is 1. The Morgan fingerprint density at radius 2 is 2.42 bits per heavy atom. The molecule has 19 heavy (non-hydrogen) atoms. The maximum absolute atomic E-state index is 11.5. The number of amides is 1. The SMILES string of the molecule is CNCc1cc(Br)ccc1N1CCOCC1C(N)=O. The molecule has 0 saturated carbocycles. The second-order valence-electron chi connectivity index (χ2n) is 4.49. The van der Waals surface area contributed by atoms with E-state index in [1.807, 2.05) is 24.1 Å². The molecule has 0 spiro atoms. The zero-order valence-corrected chi connectivity index (χ0v) is 12.4. The van der Waals surface area contributed by atoms with Gasteiger partial charge >= 0.3 is 0 Å². The van der Waals surface area contributed by atoms with Gasteiger partial charge < -0.3 is 20.7 Å². The number of carbonyl (C=O) groups is 1. The molecule has 0 aliphatic carbocycles. The molecule has 1 aliphatic heterocycles. The van der Waals surface area contributed by atoms with Crippen molar-refractivity contribution >= 4 is 27.5 Å². The van der Waals surface area contributed by atoms with Crippen molar-refractivity contribution in [2.24, 2.45) is 5.73 Å². The normalized spacial score (nSPS) is 19.5. The number of hydrogen-bond donors (Lipinski definition) is 2. The van der Waals surface area contributed by atoms with Crippen molar-refractivity contribution in [2.75, 3.05) is 31.7 Å². The van der Waals surface area contributed by atoms with E-state index in [9.17, 15) is 4.79 Å². The fraction of sp³-hybridized carbons (Fsp3) is 0.462. The summed E-state index contributed by atoms with van der Waals surface area (Å²) < 4.78 is 6.37. The number of nitrogens with two attached hydrogens (primary N) is 1. The van der Waals surface area contributed by atoms with Gasteiger partial charge in [0.15, 0.2) is 0 Å². The van der Waals surface area contributed by atoms with Crippen molar-refractivity contribution < 1.29 is 9.53 Å². The fourth-order valence-corrected chi connectivity index (χ4v) is 2.70. The van der Waals surface area contributed by atoms with Crippen LogP contribution in [0.25, 0.3) is 0 Å². The Kier molecular flexibility index (Phi) is 4.79. The minimum absolute atomic E-state index is 0.349. The van der Waals surface area contributed by atoms with Crippen LogP contribution in [0.4, 0.5) is 5.69 Å². The van der Waals surface area contributed by atoms with Gasteiger partial charge in [0.25, 0.3) is 0 Å². The lowest BCUT2D eigenvalue weighted by Gasteiger charge is -2.36. The molecule has 1 fully saturated rings. The van der Waals surface area contributed by atoms with E-state index in [1.165, 1.54) is 0 Å². The summed E-state index contributed by atoms with van der Waals surface area (Å²) in [5.41, 5.74) is 7.63. The van der Waals surface area contributed by atoms with Crippen LogP contribution in [-0.2, 0) is 16.1 Å². The average molecular weight is 328 g/mol. The van der Waals surface area contributed by atoms with Gasteiger partial charge in [-0.25, -0.2) is 0 Å². The molecular weight excluding hydrogens is 310 g/mol. The van der Waals surface area contributed by atoms with Crippen molar-refractivity contribution in [3.05, 3.63) is 28.2 Å². The van der Waals surface area contributed by atoms with Crippen LogP contribution < -0.4 is 16.0 Å². The number of carbonyl (C=O) groups excluding carboxylic acids is 1. The Hall–Kier alpha value is -1.11. The Balaban J connectivity index is 2.35. The molecule has 0 radical (unpaired) electrons. The van der Waals surface area contributed by atoms with Crippen LogP contribution in [0.5, 0.6) is 0 Å². The third kappa shape index (κ3) is 3.26. The number of halogens is 1. The number of hydrogen-bond acceptors (Lipinski definition) is 4. The molecule has 3 N–H and O–H groups in total. The van der Waals surface area contributed by atoms with E-state index in [-0.39, 0.29) is 5.91 Å². The molecule has 1 aromatic carbocycles. The summed E-state index contributed by atoms with van der Waals surface area (Å²) in [6.07, 6.45) is 0. The lowest BCUT2D eigenvalue weighted by atomic mass is 10.1. The Labute approximate surface area is 121 Å². The van der Waals surface area contributed by atoms with Gasteiger partial charge in [-0.2, -0.15) is 0 Å². The van der Waals surface area contributed by atoms with Gasteiger partial charge in [0.1, 0.15) is 6.04 Å². The minimum Gasteiger partial charge on any atom is -0.377 e. The van der Waals surface area contributed by atoms with E-state index in [0.29, 0.717) is 19.8 Å². The van der Waals surface area contributed by atoms with Crippen molar-refractivity contribution in [2.45, 2.75) is 12.6 Å². The lowest BCUT2D eigenvalue weighted by Crippen LogP contribution is -2.53. The minimum atomic E-state index is -0.398. The van der Waals surface area contributed by atoms with Crippen molar-refractivity contribution in [1.29, 1.82) is 0 Å². The predicted molar refractivity (Wildman–Crippen MR) is 78.1 cm³/mol. The summed E-state index contributed by atoms with van der Waals surface area (Å²) in [6.45, 7) is 2.37. The number of ether oxygens (including phenoxy) is 1. The van der Waals surface area contributed by atoms with Crippen molar-refractivity contribution in [3.8, 4) is 0 Å². The summed E-state index contributed by atoms with van der Waals surface area (Å²) in [4.78, 5) is 13.6. The van der Waals surface area contributed by atoms with E-state index >= 15 is 0 Å². The number of morpholine rings is 1. The Morgan fingerprint density at radius 1 is 1.63 bits per heavy atom. The van der Waals surface area contributed by atoms with E-state index in [2.05, 4.69) is 27.3 Å². The lowest BCUT2D eigenvalue weighted by molar-refractivity contribution is -0.121. The zero-order chi connectivity index (χ0) is 13.8. The standard InChI is InChI=1S/C13H18BrN3O2/c1-16-7-9-6-10(14)2-3-11(9)17-4-5-19-8-12(17)13(15)18/h2-3,6,12,16H,4-5,7-8H2,1H3,(H2,15,18). The first kappa shape index (κ1) is 14.3. The molecule has 1 aliphatic rings. The van der Waals surface area contributed by atoms with Crippen LogP contribution in [-0.4, -0.2) is 38.8 Å². The third-order valence-corrected chi connectivity index (χ3v) is 3.67. The summed E-state index contributed by atoms with van der Waals surface area (Å²) in [7, 11) is 1.90. The molecule has 0 aromatic heterocycles. The first-order valence-electron chi connectivity index (χ1n) is 6.20. The molecule has 1 unspecified atom stereocenters. The highest BCUT2D eigenvalue weighted by atomic mass is 79.9. The molecule has 2 rings (SSSR count). The maximum Gasteiger partial charge on any atom is 0.242 e.